The van der Waals surface area contributed by atoms with Gasteiger partial charge in [0.05, 0.1) is 16.6 Å². The van der Waals surface area contributed by atoms with Crippen molar-refractivity contribution < 1.29 is 9.18 Å². The highest BCUT2D eigenvalue weighted by Gasteiger charge is 2.47. The lowest BCUT2D eigenvalue weighted by Gasteiger charge is -2.30. The molecule has 1 atom stereocenters. The second kappa shape index (κ2) is 6.91. The van der Waals surface area contributed by atoms with Crippen molar-refractivity contribution in [1.82, 2.24) is 15.0 Å². The van der Waals surface area contributed by atoms with E-state index in [-0.39, 0.29) is 22.3 Å². The highest BCUT2D eigenvalue weighted by atomic mass is 19.1. The number of benzene rings is 3. The van der Waals surface area contributed by atoms with Gasteiger partial charge in [0.1, 0.15) is 11.6 Å². The molecule has 0 bridgehead atoms. The molecule has 31 heavy (non-hydrogen) atoms. The molecule has 4 N–H and O–H groups in total. The third-order valence-electron chi connectivity index (χ3n) is 5.56. The molecule has 0 aliphatic carbocycles. The monoisotopic (exact) mass is 412 g/mol. The van der Waals surface area contributed by atoms with Crippen LogP contribution in [0.1, 0.15) is 17.0 Å². The number of para-hydroxylation sites is 2. The molecular formula is C24H17FN4O2. The Hall–Kier alpha value is -4.26. The van der Waals surface area contributed by atoms with Crippen LogP contribution < -0.4 is 11.3 Å². The van der Waals surface area contributed by atoms with E-state index < -0.39 is 17.1 Å². The lowest BCUT2D eigenvalue weighted by Crippen LogP contribution is -2.45. The van der Waals surface area contributed by atoms with Gasteiger partial charge in [-0.05, 0) is 29.8 Å². The first-order valence-electron chi connectivity index (χ1n) is 9.64. The van der Waals surface area contributed by atoms with Crippen LogP contribution in [-0.4, -0.2) is 20.9 Å². The van der Waals surface area contributed by atoms with E-state index in [0.29, 0.717) is 22.1 Å². The summed E-state index contributed by atoms with van der Waals surface area (Å²) < 4.78 is 15.9. The largest absolute Gasteiger partial charge is 0.368 e. The topological polar surface area (TPSA) is 105 Å². The molecule has 0 fully saturated rings. The van der Waals surface area contributed by atoms with E-state index in [1.165, 1.54) is 18.2 Å². The molecule has 152 valence electrons. The first-order valence-corrected chi connectivity index (χ1v) is 9.64. The Morgan fingerprint density at radius 2 is 1.61 bits per heavy atom. The van der Waals surface area contributed by atoms with Crippen LogP contribution in [0.25, 0.3) is 21.9 Å². The lowest BCUT2D eigenvalue weighted by atomic mass is 9.72. The minimum atomic E-state index is -1.71. The van der Waals surface area contributed by atoms with Crippen molar-refractivity contribution in [1.29, 1.82) is 0 Å². The van der Waals surface area contributed by atoms with Crippen LogP contribution in [0.2, 0.25) is 0 Å². The first-order chi connectivity index (χ1) is 15.0. The molecule has 7 heteroatoms. The van der Waals surface area contributed by atoms with Gasteiger partial charge in [0.2, 0.25) is 11.5 Å². The summed E-state index contributed by atoms with van der Waals surface area (Å²) in [7, 11) is 0. The summed E-state index contributed by atoms with van der Waals surface area (Å²) >= 11 is 0. The van der Waals surface area contributed by atoms with Crippen LogP contribution in [0, 0.1) is 5.82 Å². The molecule has 0 saturated heterocycles. The Balaban J connectivity index is 1.92. The van der Waals surface area contributed by atoms with Gasteiger partial charge in [-0.2, -0.15) is 0 Å². The molecule has 0 aliphatic heterocycles. The molecule has 5 aromatic rings. The van der Waals surface area contributed by atoms with Gasteiger partial charge in [0.15, 0.2) is 5.41 Å². The van der Waals surface area contributed by atoms with E-state index in [4.69, 9.17) is 5.73 Å². The zero-order chi connectivity index (χ0) is 21.6. The number of fused-ring (bicyclic) bond motifs is 2. The Labute approximate surface area is 175 Å². The quantitative estimate of drug-likeness (QED) is 0.421. The second-order valence-electron chi connectivity index (χ2n) is 7.29. The van der Waals surface area contributed by atoms with Gasteiger partial charge in [-0.25, -0.2) is 9.37 Å². The van der Waals surface area contributed by atoms with Crippen molar-refractivity contribution >= 4 is 27.8 Å². The number of amides is 1. The van der Waals surface area contributed by atoms with Crippen molar-refractivity contribution in [2.75, 3.05) is 0 Å². The highest BCUT2D eigenvalue weighted by molar-refractivity contribution is 5.96. The third kappa shape index (κ3) is 2.74. The van der Waals surface area contributed by atoms with Crippen molar-refractivity contribution in [3.63, 3.8) is 0 Å². The number of nitrogens with one attached hydrogen (secondary N) is 2. The van der Waals surface area contributed by atoms with Crippen molar-refractivity contribution in [2.24, 2.45) is 5.73 Å². The second-order valence-corrected chi connectivity index (χ2v) is 7.29. The predicted octanol–water partition coefficient (Wildman–Crippen LogP) is 3.36. The summed E-state index contributed by atoms with van der Waals surface area (Å²) in [6, 6.07) is 21.7. The number of hydrogen-bond acceptors (Lipinski definition) is 3. The number of hydrogen-bond donors (Lipinski definition) is 3. The number of nitrogens with two attached hydrogens (primary N) is 1. The van der Waals surface area contributed by atoms with Gasteiger partial charge in [-0.15, -0.1) is 0 Å². The van der Waals surface area contributed by atoms with Gasteiger partial charge in [0.25, 0.3) is 0 Å². The van der Waals surface area contributed by atoms with Crippen LogP contribution in [0.5, 0.6) is 0 Å². The molecular weight excluding hydrogens is 395 g/mol. The van der Waals surface area contributed by atoms with Gasteiger partial charge >= 0.3 is 0 Å². The molecule has 3 aromatic carbocycles. The molecule has 0 spiro atoms. The van der Waals surface area contributed by atoms with Gasteiger partial charge in [-0.3, -0.25) is 9.59 Å². The molecule has 5 rings (SSSR count). The van der Waals surface area contributed by atoms with Crippen LogP contribution in [0.3, 0.4) is 0 Å². The van der Waals surface area contributed by atoms with E-state index in [1.807, 2.05) is 18.2 Å². The Kier molecular flexibility index (Phi) is 4.18. The number of aromatic amines is 2. The molecule has 1 unspecified atom stereocenters. The lowest BCUT2D eigenvalue weighted by molar-refractivity contribution is -0.121. The van der Waals surface area contributed by atoms with Crippen molar-refractivity contribution in [2.45, 2.75) is 5.41 Å². The van der Waals surface area contributed by atoms with E-state index >= 15 is 4.39 Å². The molecule has 0 aliphatic rings. The first kappa shape index (κ1) is 18.7. The van der Waals surface area contributed by atoms with E-state index in [2.05, 4.69) is 15.0 Å². The number of carbonyl (C=O) groups excluding carboxylic acids is 1. The average Bonchev–Trinajstić information content (AvgIpc) is 3.20. The number of imidazole rings is 1. The fraction of sp³-hybridized carbons (Fsp3) is 0.0417. The number of primary amides is 1. The van der Waals surface area contributed by atoms with E-state index in [0.717, 1.165) is 0 Å². The standard InChI is InChI=1S/C24H17FN4O2/c25-21-15-10-13-20(30)27-17(15)12-11-16(21)24(22(26)31,14-6-2-1-3-7-14)23-28-18-8-4-5-9-19(18)29-23/h1-13H,(H2,26,31)(H,27,30)(H,28,29). The van der Waals surface area contributed by atoms with Gasteiger partial charge in [-0.1, -0.05) is 48.5 Å². The van der Waals surface area contributed by atoms with Crippen molar-refractivity contribution in [3.8, 4) is 0 Å². The maximum Gasteiger partial charge on any atom is 0.248 e. The molecule has 0 saturated carbocycles. The molecule has 1 amide bonds. The number of nitrogens with zero attached hydrogens (tertiary/aromatic N) is 1. The summed E-state index contributed by atoms with van der Waals surface area (Å²) in [4.78, 5) is 35.2. The summed E-state index contributed by atoms with van der Waals surface area (Å²) in [6.07, 6.45) is 0. The fourth-order valence-electron chi connectivity index (χ4n) is 4.12. The molecule has 0 radical (unpaired) electrons. The Morgan fingerprint density at radius 3 is 2.35 bits per heavy atom. The minimum Gasteiger partial charge on any atom is -0.368 e. The summed E-state index contributed by atoms with van der Waals surface area (Å²) in [5.41, 5.74) is 6.12. The van der Waals surface area contributed by atoms with Gasteiger partial charge in [0, 0.05) is 17.0 Å². The number of H-pyrrole nitrogens is 2. The summed E-state index contributed by atoms with van der Waals surface area (Å²) in [5.74, 6) is -1.22. The molecule has 2 heterocycles. The number of aromatic nitrogens is 3. The van der Waals surface area contributed by atoms with Crippen LogP contribution >= 0.6 is 0 Å². The summed E-state index contributed by atoms with van der Waals surface area (Å²) in [6.45, 7) is 0. The normalized spacial score (nSPS) is 13.3. The van der Waals surface area contributed by atoms with Crippen LogP contribution in [0.15, 0.2) is 83.7 Å². The maximum atomic E-state index is 15.9. The summed E-state index contributed by atoms with van der Waals surface area (Å²) in [5, 5.41) is 0.176. The van der Waals surface area contributed by atoms with Crippen LogP contribution in [0.4, 0.5) is 4.39 Å². The van der Waals surface area contributed by atoms with E-state index in [1.54, 1.807) is 42.5 Å². The highest BCUT2D eigenvalue weighted by Crippen LogP contribution is 2.41. The van der Waals surface area contributed by atoms with Crippen LogP contribution in [-0.2, 0) is 10.2 Å². The number of pyridine rings is 1. The van der Waals surface area contributed by atoms with Gasteiger partial charge < -0.3 is 15.7 Å². The number of halogens is 1. The molecule has 6 nitrogen and oxygen atoms in total. The average molecular weight is 412 g/mol. The maximum absolute atomic E-state index is 15.9. The number of rotatable bonds is 4. The minimum absolute atomic E-state index is 0.0461. The molecule has 2 aromatic heterocycles. The van der Waals surface area contributed by atoms with Crippen molar-refractivity contribution in [3.05, 3.63) is 112 Å². The smallest absolute Gasteiger partial charge is 0.248 e. The predicted molar refractivity (Wildman–Crippen MR) is 116 cm³/mol. The Bertz CT molecular complexity index is 1470. The van der Waals surface area contributed by atoms with E-state index in [9.17, 15) is 9.59 Å². The Morgan fingerprint density at radius 1 is 0.871 bits per heavy atom. The zero-order valence-corrected chi connectivity index (χ0v) is 16.2. The number of carbonyl (C=O) groups is 1. The SMILES string of the molecule is NC(=O)C(c1ccccc1)(c1nc2ccccc2[nH]1)c1ccc2[nH]c(=O)ccc2c1F. The zero-order valence-electron chi connectivity index (χ0n) is 16.2. The fourth-order valence-corrected chi connectivity index (χ4v) is 4.12. The third-order valence-corrected chi connectivity index (χ3v) is 5.56.